The van der Waals surface area contributed by atoms with Gasteiger partial charge in [-0.15, -0.1) is 0 Å². The molecule has 1 heterocycles. The minimum Gasteiger partial charge on any atom is -0.449 e. The first-order chi connectivity index (χ1) is 11.3. The van der Waals surface area contributed by atoms with E-state index in [9.17, 15) is 14.4 Å². The lowest BCUT2D eigenvalue weighted by molar-refractivity contribution is -0.123. The summed E-state index contributed by atoms with van der Waals surface area (Å²) in [6, 6.07) is 6.42. The molecule has 8 heteroatoms. The van der Waals surface area contributed by atoms with E-state index in [0.717, 1.165) is 11.5 Å². The van der Waals surface area contributed by atoms with Gasteiger partial charge in [0.15, 0.2) is 11.9 Å². The second-order valence-electron chi connectivity index (χ2n) is 5.18. The van der Waals surface area contributed by atoms with E-state index in [-0.39, 0.29) is 16.3 Å². The van der Waals surface area contributed by atoms with Crippen molar-refractivity contribution in [1.82, 2.24) is 4.37 Å². The van der Waals surface area contributed by atoms with E-state index in [4.69, 9.17) is 10.5 Å². The predicted octanol–water partition coefficient (Wildman–Crippen LogP) is 2.42. The monoisotopic (exact) mass is 347 g/mol. The lowest BCUT2D eigenvalue weighted by Gasteiger charge is -2.13. The number of nitrogen functional groups attached to an aromatic ring is 1. The second-order valence-corrected chi connectivity index (χ2v) is 5.98. The fourth-order valence-corrected chi connectivity index (χ4v) is 2.59. The number of rotatable bonds is 5. The number of carbonyl (C=O) groups is 3. The molecular formula is C16H17N3O4S. The summed E-state index contributed by atoms with van der Waals surface area (Å²) >= 11 is 1.000. The highest BCUT2D eigenvalue weighted by molar-refractivity contribution is 7.10. The van der Waals surface area contributed by atoms with Gasteiger partial charge in [0.1, 0.15) is 10.6 Å². The zero-order valence-corrected chi connectivity index (χ0v) is 14.3. The van der Waals surface area contributed by atoms with Gasteiger partial charge < -0.3 is 15.8 Å². The lowest BCUT2D eigenvalue weighted by Crippen LogP contribution is -2.30. The van der Waals surface area contributed by atoms with Crippen LogP contribution in [0.15, 0.2) is 24.3 Å². The Morgan fingerprint density at radius 2 is 1.88 bits per heavy atom. The fourth-order valence-electron chi connectivity index (χ4n) is 1.94. The molecule has 3 N–H and O–H groups in total. The van der Waals surface area contributed by atoms with Crippen molar-refractivity contribution in [3.8, 4) is 0 Å². The van der Waals surface area contributed by atoms with Crippen molar-refractivity contribution >= 4 is 39.9 Å². The highest BCUT2D eigenvalue weighted by Gasteiger charge is 2.23. The number of nitrogens with two attached hydrogens (primary N) is 1. The minimum atomic E-state index is -1.01. The van der Waals surface area contributed by atoms with Gasteiger partial charge in [-0.1, -0.05) is 0 Å². The molecule has 0 aliphatic rings. The number of aryl methyl sites for hydroxylation is 1. The number of carbonyl (C=O) groups excluding carboxylic acids is 3. The van der Waals surface area contributed by atoms with Gasteiger partial charge in [0.05, 0.1) is 5.69 Å². The van der Waals surface area contributed by atoms with Gasteiger partial charge >= 0.3 is 5.97 Å². The molecule has 126 valence electrons. The van der Waals surface area contributed by atoms with Crippen molar-refractivity contribution in [1.29, 1.82) is 0 Å². The molecule has 0 bridgehead atoms. The van der Waals surface area contributed by atoms with Crippen LogP contribution in [0.5, 0.6) is 0 Å². The van der Waals surface area contributed by atoms with Crippen molar-refractivity contribution in [2.45, 2.75) is 26.9 Å². The number of hydrogen-bond donors (Lipinski definition) is 2. The molecule has 0 saturated heterocycles. The number of benzene rings is 1. The highest BCUT2D eigenvalue weighted by atomic mass is 32.1. The van der Waals surface area contributed by atoms with Gasteiger partial charge in [-0.3, -0.25) is 9.59 Å². The standard InChI is InChI=1S/C16H17N3O4S/c1-8-13(14(17)24-19-8)16(22)23-10(3)15(21)18-12-6-4-11(5-7-12)9(2)20/h4-7,10H,17H2,1-3H3,(H,18,21). The van der Waals surface area contributed by atoms with Crippen LogP contribution in [-0.4, -0.2) is 28.1 Å². The number of nitrogens with one attached hydrogen (secondary N) is 1. The predicted molar refractivity (Wildman–Crippen MR) is 91.2 cm³/mol. The smallest absolute Gasteiger partial charge is 0.343 e. The van der Waals surface area contributed by atoms with Gasteiger partial charge in [0.2, 0.25) is 0 Å². The van der Waals surface area contributed by atoms with E-state index in [0.29, 0.717) is 16.9 Å². The van der Waals surface area contributed by atoms with E-state index in [1.165, 1.54) is 13.8 Å². The average Bonchev–Trinajstić information content (AvgIpc) is 2.86. The summed E-state index contributed by atoms with van der Waals surface area (Å²) < 4.78 is 9.10. The highest BCUT2D eigenvalue weighted by Crippen LogP contribution is 2.22. The number of esters is 1. The molecule has 2 rings (SSSR count). The van der Waals surface area contributed by atoms with E-state index in [2.05, 4.69) is 9.69 Å². The molecule has 7 nitrogen and oxygen atoms in total. The summed E-state index contributed by atoms with van der Waals surface area (Å²) in [7, 11) is 0. The average molecular weight is 347 g/mol. The molecule has 1 amide bonds. The number of ketones is 1. The van der Waals surface area contributed by atoms with Gasteiger partial charge in [-0.25, -0.2) is 4.79 Å². The van der Waals surface area contributed by atoms with Crippen molar-refractivity contribution in [2.75, 3.05) is 11.1 Å². The van der Waals surface area contributed by atoms with Crippen LogP contribution in [0.2, 0.25) is 0 Å². The maximum atomic E-state index is 12.1. The quantitative estimate of drug-likeness (QED) is 0.634. The third-order valence-corrected chi connectivity index (χ3v) is 4.07. The second kappa shape index (κ2) is 7.22. The normalized spacial score (nSPS) is 11.6. The van der Waals surface area contributed by atoms with Crippen molar-refractivity contribution in [2.24, 2.45) is 0 Å². The number of ether oxygens (including phenoxy) is 1. The zero-order valence-electron chi connectivity index (χ0n) is 13.5. The summed E-state index contributed by atoms with van der Waals surface area (Å²) in [5.74, 6) is -1.24. The van der Waals surface area contributed by atoms with E-state index < -0.39 is 18.0 Å². The van der Waals surface area contributed by atoms with Crippen molar-refractivity contribution < 1.29 is 19.1 Å². The Balaban J connectivity index is 1.99. The Labute approximate surface area is 143 Å². The van der Waals surface area contributed by atoms with Crippen LogP contribution in [0.3, 0.4) is 0 Å². The van der Waals surface area contributed by atoms with Gasteiger partial charge in [-0.05, 0) is 56.6 Å². The number of Topliss-reactive ketones (excluding diaryl/α,β-unsaturated/α-hetero) is 1. The summed E-state index contributed by atoms with van der Waals surface area (Å²) in [5.41, 5.74) is 7.38. The topological polar surface area (TPSA) is 111 Å². The first-order valence-electron chi connectivity index (χ1n) is 7.14. The van der Waals surface area contributed by atoms with Crippen LogP contribution >= 0.6 is 11.5 Å². The van der Waals surface area contributed by atoms with Crippen LogP contribution < -0.4 is 11.1 Å². The Bertz CT molecular complexity index is 764. The van der Waals surface area contributed by atoms with Gasteiger partial charge in [0.25, 0.3) is 5.91 Å². The Hall–Kier alpha value is -2.74. The number of nitrogens with zero attached hydrogens (tertiary/aromatic N) is 1. The molecule has 24 heavy (non-hydrogen) atoms. The van der Waals surface area contributed by atoms with Crippen molar-refractivity contribution in [3.05, 3.63) is 41.1 Å². The first-order valence-corrected chi connectivity index (χ1v) is 7.91. The maximum absolute atomic E-state index is 12.1. The molecule has 1 aromatic heterocycles. The van der Waals surface area contributed by atoms with Crippen LogP contribution in [-0.2, 0) is 9.53 Å². The number of aromatic nitrogens is 1. The number of amides is 1. The number of anilines is 2. The lowest BCUT2D eigenvalue weighted by atomic mass is 10.1. The molecule has 1 unspecified atom stereocenters. The third kappa shape index (κ3) is 3.96. The summed E-state index contributed by atoms with van der Waals surface area (Å²) in [6.07, 6.45) is -1.01. The van der Waals surface area contributed by atoms with E-state index >= 15 is 0 Å². The van der Waals surface area contributed by atoms with E-state index in [1.54, 1.807) is 31.2 Å². The summed E-state index contributed by atoms with van der Waals surface area (Å²) in [5, 5.41) is 2.87. The zero-order chi connectivity index (χ0) is 17.9. The van der Waals surface area contributed by atoms with Crippen LogP contribution in [0.4, 0.5) is 10.7 Å². The molecule has 1 atom stereocenters. The Kier molecular flexibility index (Phi) is 5.30. The van der Waals surface area contributed by atoms with Crippen LogP contribution in [0, 0.1) is 6.92 Å². The largest absolute Gasteiger partial charge is 0.449 e. The molecule has 0 fully saturated rings. The van der Waals surface area contributed by atoms with Crippen LogP contribution in [0.25, 0.3) is 0 Å². The molecule has 0 spiro atoms. The van der Waals surface area contributed by atoms with Crippen molar-refractivity contribution in [3.63, 3.8) is 0 Å². The fraction of sp³-hybridized carbons (Fsp3) is 0.250. The molecule has 1 aromatic carbocycles. The van der Waals surface area contributed by atoms with Gasteiger partial charge in [0, 0.05) is 11.3 Å². The molecule has 0 radical (unpaired) electrons. The maximum Gasteiger partial charge on any atom is 0.343 e. The first kappa shape index (κ1) is 17.6. The summed E-state index contributed by atoms with van der Waals surface area (Å²) in [4.78, 5) is 35.4. The molecule has 0 aliphatic heterocycles. The number of hydrogen-bond acceptors (Lipinski definition) is 7. The van der Waals surface area contributed by atoms with Crippen LogP contribution in [0.1, 0.15) is 40.3 Å². The third-order valence-electron chi connectivity index (χ3n) is 3.31. The molecule has 0 saturated carbocycles. The SMILES string of the molecule is CC(=O)c1ccc(NC(=O)C(C)OC(=O)c2c(C)nsc2N)cc1. The van der Waals surface area contributed by atoms with Gasteiger partial charge in [-0.2, -0.15) is 4.37 Å². The molecule has 0 aliphatic carbocycles. The molecule has 2 aromatic rings. The Morgan fingerprint density at radius 3 is 2.38 bits per heavy atom. The summed E-state index contributed by atoms with van der Waals surface area (Å²) in [6.45, 7) is 4.56. The molecular weight excluding hydrogens is 330 g/mol. The van der Waals surface area contributed by atoms with E-state index in [1.807, 2.05) is 0 Å². The Morgan fingerprint density at radius 1 is 1.25 bits per heavy atom. The minimum absolute atomic E-state index is 0.0625.